The van der Waals surface area contributed by atoms with Crippen LogP contribution < -0.4 is 0 Å². The second-order valence-electron chi connectivity index (χ2n) is 4.09. The number of hydrogen-bond acceptors (Lipinski definition) is 2. The van der Waals surface area contributed by atoms with Gasteiger partial charge in [0.1, 0.15) is 6.61 Å². The van der Waals surface area contributed by atoms with Gasteiger partial charge in [-0.25, -0.2) is 0 Å². The van der Waals surface area contributed by atoms with E-state index in [1.165, 1.54) is 32.1 Å². The summed E-state index contributed by atoms with van der Waals surface area (Å²) >= 11 is 2.21. The van der Waals surface area contributed by atoms with E-state index in [2.05, 4.69) is 29.2 Å². The van der Waals surface area contributed by atoms with Crippen molar-refractivity contribution in [2.75, 3.05) is 13.2 Å². The Hall–Kier alpha value is -0.290. The highest BCUT2D eigenvalue weighted by atomic mass is 127. The quantitative estimate of drug-likeness (QED) is 0.294. The number of ether oxygens (including phenoxy) is 2. The Balaban J connectivity index is 1.98. The predicted octanol–water partition coefficient (Wildman–Crippen LogP) is 4.37. The minimum Gasteiger partial charge on any atom is -0.499 e. The molecule has 96 valence electrons. The van der Waals surface area contributed by atoms with Crippen molar-refractivity contribution in [3.63, 3.8) is 0 Å². The Kier molecular flexibility index (Phi) is 8.44. The molecule has 0 bridgehead atoms. The minimum absolute atomic E-state index is 0.470. The Morgan fingerprint density at radius 1 is 1.24 bits per heavy atom. The van der Waals surface area contributed by atoms with Gasteiger partial charge in [0.2, 0.25) is 0 Å². The molecular weight excluding hydrogens is 327 g/mol. The summed E-state index contributed by atoms with van der Waals surface area (Å²) in [5.74, 6) is 0. The zero-order valence-corrected chi connectivity index (χ0v) is 12.4. The Bertz CT molecular complexity index is 265. The van der Waals surface area contributed by atoms with E-state index < -0.39 is 0 Å². The highest BCUT2D eigenvalue weighted by molar-refractivity contribution is 14.1. The van der Waals surface area contributed by atoms with E-state index in [0.29, 0.717) is 19.3 Å². The molecule has 0 amide bonds. The van der Waals surface area contributed by atoms with Gasteiger partial charge in [-0.05, 0) is 47.6 Å². The molecule has 0 radical (unpaired) electrons. The molecule has 1 rings (SSSR count). The van der Waals surface area contributed by atoms with Gasteiger partial charge in [0.05, 0.1) is 19.0 Å². The second kappa shape index (κ2) is 9.71. The van der Waals surface area contributed by atoms with Crippen LogP contribution in [0.25, 0.3) is 0 Å². The first-order valence-corrected chi connectivity index (χ1v) is 7.29. The van der Waals surface area contributed by atoms with Crippen molar-refractivity contribution < 1.29 is 9.47 Å². The third-order valence-electron chi connectivity index (χ3n) is 2.73. The third kappa shape index (κ3) is 7.60. The van der Waals surface area contributed by atoms with Crippen molar-refractivity contribution >= 4 is 22.6 Å². The molecule has 1 fully saturated rings. The molecule has 0 aromatic heterocycles. The SMILES string of the molecule is C=C/C(I)=C\C=C\OCCOC1CCCCC1. The van der Waals surface area contributed by atoms with E-state index in [0.717, 1.165) is 3.58 Å². The predicted molar refractivity (Wildman–Crippen MR) is 80.2 cm³/mol. The summed E-state index contributed by atoms with van der Waals surface area (Å²) in [5, 5.41) is 0. The van der Waals surface area contributed by atoms with Crippen molar-refractivity contribution in [3.8, 4) is 0 Å². The lowest BCUT2D eigenvalue weighted by Gasteiger charge is -2.21. The molecule has 0 spiro atoms. The van der Waals surface area contributed by atoms with Crippen LogP contribution in [0.2, 0.25) is 0 Å². The summed E-state index contributed by atoms with van der Waals surface area (Å²) in [6.45, 7) is 4.99. The molecule has 1 aliphatic carbocycles. The van der Waals surface area contributed by atoms with E-state index in [-0.39, 0.29) is 0 Å². The summed E-state index contributed by atoms with van der Waals surface area (Å²) in [6, 6.07) is 0. The fourth-order valence-corrected chi connectivity index (χ4v) is 2.03. The van der Waals surface area contributed by atoms with Crippen molar-refractivity contribution in [2.24, 2.45) is 0 Å². The Morgan fingerprint density at radius 2 is 2.00 bits per heavy atom. The van der Waals surface area contributed by atoms with E-state index in [4.69, 9.17) is 9.47 Å². The maximum absolute atomic E-state index is 5.74. The average molecular weight is 348 g/mol. The lowest BCUT2D eigenvalue weighted by molar-refractivity contribution is 0.00604. The van der Waals surface area contributed by atoms with Gasteiger partial charge in [0.25, 0.3) is 0 Å². The van der Waals surface area contributed by atoms with Crippen molar-refractivity contribution in [1.29, 1.82) is 0 Å². The average Bonchev–Trinajstić information content (AvgIpc) is 2.38. The maximum atomic E-state index is 5.74. The highest BCUT2D eigenvalue weighted by Crippen LogP contribution is 2.19. The number of allylic oxidation sites excluding steroid dienone is 4. The molecule has 0 atom stereocenters. The Morgan fingerprint density at radius 3 is 2.71 bits per heavy atom. The van der Waals surface area contributed by atoms with Crippen LogP contribution in [0.4, 0.5) is 0 Å². The van der Waals surface area contributed by atoms with Crippen LogP contribution >= 0.6 is 22.6 Å². The molecule has 1 aliphatic rings. The van der Waals surface area contributed by atoms with Crippen LogP contribution in [-0.2, 0) is 9.47 Å². The highest BCUT2D eigenvalue weighted by Gasteiger charge is 2.12. The Labute approximate surface area is 118 Å². The van der Waals surface area contributed by atoms with E-state index in [1.807, 2.05) is 12.2 Å². The summed E-state index contributed by atoms with van der Waals surface area (Å²) in [6.07, 6.45) is 14.2. The second-order valence-corrected chi connectivity index (χ2v) is 5.33. The summed E-state index contributed by atoms with van der Waals surface area (Å²) in [5.41, 5.74) is 0. The zero-order chi connectivity index (χ0) is 12.3. The van der Waals surface area contributed by atoms with Crippen LogP contribution in [0.5, 0.6) is 0 Å². The fourth-order valence-electron chi connectivity index (χ4n) is 1.82. The molecule has 17 heavy (non-hydrogen) atoms. The van der Waals surface area contributed by atoms with Crippen LogP contribution in [0.3, 0.4) is 0 Å². The topological polar surface area (TPSA) is 18.5 Å². The normalized spacial score (nSPS) is 18.5. The lowest BCUT2D eigenvalue weighted by atomic mass is 9.98. The molecule has 2 nitrogen and oxygen atoms in total. The maximum Gasteiger partial charge on any atom is 0.111 e. The number of hydrogen-bond donors (Lipinski definition) is 0. The minimum atomic E-state index is 0.470. The van der Waals surface area contributed by atoms with Crippen LogP contribution in [-0.4, -0.2) is 19.3 Å². The van der Waals surface area contributed by atoms with Gasteiger partial charge in [-0.1, -0.05) is 31.9 Å². The van der Waals surface area contributed by atoms with Gasteiger partial charge < -0.3 is 9.47 Å². The van der Waals surface area contributed by atoms with E-state index >= 15 is 0 Å². The summed E-state index contributed by atoms with van der Waals surface area (Å²) < 4.78 is 12.2. The fraction of sp³-hybridized carbons (Fsp3) is 0.571. The van der Waals surface area contributed by atoms with Gasteiger partial charge >= 0.3 is 0 Å². The molecule has 0 aromatic rings. The largest absolute Gasteiger partial charge is 0.499 e. The molecule has 0 unspecified atom stereocenters. The number of halogens is 1. The summed E-state index contributed by atoms with van der Waals surface area (Å²) in [7, 11) is 0. The van der Waals surface area contributed by atoms with Crippen molar-refractivity contribution in [2.45, 2.75) is 38.2 Å². The molecule has 0 saturated heterocycles. The van der Waals surface area contributed by atoms with E-state index in [1.54, 1.807) is 12.3 Å². The molecule has 0 aromatic carbocycles. The zero-order valence-electron chi connectivity index (χ0n) is 10.2. The lowest BCUT2D eigenvalue weighted by Crippen LogP contribution is -2.18. The van der Waals surface area contributed by atoms with Gasteiger partial charge in [-0.2, -0.15) is 0 Å². The van der Waals surface area contributed by atoms with Crippen LogP contribution in [0.15, 0.2) is 34.6 Å². The first kappa shape index (κ1) is 14.8. The van der Waals surface area contributed by atoms with Gasteiger partial charge in [-0.3, -0.25) is 0 Å². The van der Waals surface area contributed by atoms with Crippen molar-refractivity contribution in [3.05, 3.63) is 34.6 Å². The molecular formula is C14H21IO2. The van der Waals surface area contributed by atoms with Crippen LogP contribution in [0.1, 0.15) is 32.1 Å². The number of rotatable bonds is 7. The first-order chi connectivity index (χ1) is 8.33. The van der Waals surface area contributed by atoms with Gasteiger partial charge in [0.15, 0.2) is 0 Å². The van der Waals surface area contributed by atoms with E-state index in [9.17, 15) is 0 Å². The standard InChI is InChI=1S/C14H21IO2/c1-2-13(15)7-6-10-16-11-12-17-14-8-4-3-5-9-14/h2,6-7,10,14H,1,3-5,8-9,11-12H2/b10-6+,13-7+. The summed E-state index contributed by atoms with van der Waals surface area (Å²) in [4.78, 5) is 0. The van der Waals surface area contributed by atoms with Gasteiger partial charge in [0, 0.05) is 3.58 Å². The smallest absolute Gasteiger partial charge is 0.111 e. The molecule has 0 heterocycles. The molecule has 3 heteroatoms. The van der Waals surface area contributed by atoms with Gasteiger partial charge in [-0.15, -0.1) is 0 Å². The molecule has 1 saturated carbocycles. The van der Waals surface area contributed by atoms with Crippen LogP contribution in [0, 0.1) is 0 Å². The van der Waals surface area contributed by atoms with Crippen molar-refractivity contribution in [1.82, 2.24) is 0 Å². The first-order valence-electron chi connectivity index (χ1n) is 6.21. The molecule has 0 aliphatic heterocycles. The molecule has 0 N–H and O–H groups in total. The monoisotopic (exact) mass is 348 g/mol. The third-order valence-corrected chi connectivity index (χ3v) is 3.53.